The monoisotopic (exact) mass is 197 g/mol. The van der Waals surface area contributed by atoms with Crippen molar-refractivity contribution in [3.8, 4) is 0 Å². The van der Waals surface area contributed by atoms with Gasteiger partial charge in [0, 0.05) is 12.2 Å². The summed E-state index contributed by atoms with van der Waals surface area (Å²) in [6.07, 6.45) is 0. The van der Waals surface area contributed by atoms with Gasteiger partial charge < -0.3 is 5.32 Å². The number of nitrogens with one attached hydrogen (secondary N) is 1. The molecule has 2 aromatic carbocycles. The molecule has 0 heterocycles. The number of benzene rings is 2. The van der Waals surface area contributed by atoms with Crippen LogP contribution in [-0.2, 0) is 6.54 Å². The average molecular weight is 197 g/mol. The molecular weight excluding hydrogens is 182 g/mol. The molecule has 0 aromatic heterocycles. The van der Waals surface area contributed by atoms with Gasteiger partial charge in [-0.25, -0.2) is 0 Å². The van der Waals surface area contributed by atoms with Gasteiger partial charge >= 0.3 is 0 Å². The van der Waals surface area contributed by atoms with E-state index >= 15 is 0 Å². The third kappa shape index (κ3) is 2.84. The second kappa shape index (κ2) is 4.65. The van der Waals surface area contributed by atoms with E-state index in [1.165, 1.54) is 11.1 Å². The van der Waals surface area contributed by atoms with Crippen molar-refractivity contribution in [2.45, 2.75) is 13.5 Å². The molecule has 0 unspecified atom stereocenters. The Labute approximate surface area is 90.8 Å². The minimum Gasteiger partial charge on any atom is -0.381 e. The zero-order chi connectivity index (χ0) is 10.5. The second-order valence-corrected chi connectivity index (χ2v) is 3.71. The van der Waals surface area contributed by atoms with E-state index in [2.05, 4.69) is 48.6 Å². The maximum absolute atomic E-state index is 3.38. The van der Waals surface area contributed by atoms with E-state index in [-0.39, 0.29) is 0 Å². The Kier molecular flexibility index (Phi) is 3.03. The van der Waals surface area contributed by atoms with E-state index in [9.17, 15) is 0 Å². The summed E-state index contributed by atoms with van der Waals surface area (Å²) in [6, 6.07) is 18.9. The summed E-state index contributed by atoms with van der Waals surface area (Å²) in [6.45, 7) is 2.98. The minimum absolute atomic E-state index is 0.879. The Bertz CT molecular complexity index is 403. The van der Waals surface area contributed by atoms with E-state index in [4.69, 9.17) is 0 Å². The minimum atomic E-state index is 0.879. The standard InChI is InChI=1S/C14H15N/c1-12-7-9-13(10-8-12)11-15-14-5-3-2-4-6-14/h2-10,15H,11H2,1H3. The SMILES string of the molecule is Cc1ccc(CNc2ccccc2)cc1. The van der Waals surface area contributed by atoms with E-state index in [1.807, 2.05) is 18.2 Å². The molecule has 0 saturated heterocycles. The molecule has 0 amide bonds. The van der Waals surface area contributed by atoms with Gasteiger partial charge in [-0.3, -0.25) is 0 Å². The summed E-state index contributed by atoms with van der Waals surface area (Å²) < 4.78 is 0. The molecular formula is C14H15N. The van der Waals surface area contributed by atoms with Gasteiger partial charge in [0.25, 0.3) is 0 Å². The highest BCUT2D eigenvalue weighted by atomic mass is 14.9. The first-order valence-electron chi connectivity index (χ1n) is 5.19. The van der Waals surface area contributed by atoms with Crippen molar-refractivity contribution in [1.29, 1.82) is 0 Å². The number of hydrogen-bond donors (Lipinski definition) is 1. The van der Waals surface area contributed by atoms with E-state index in [1.54, 1.807) is 0 Å². The molecule has 15 heavy (non-hydrogen) atoms. The van der Waals surface area contributed by atoms with Crippen LogP contribution in [0.5, 0.6) is 0 Å². The summed E-state index contributed by atoms with van der Waals surface area (Å²) in [5.41, 5.74) is 3.78. The highest BCUT2D eigenvalue weighted by molar-refractivity contribution is 5.43. The molecule has 0 aliphatic rings. The van der Waals surface area contributed by atoms with Crippen LogP contribution in [0, 0.1) is 6.92 Å². The van der Waals surface area contributed by atoms with Gasteiger partial charge in [0.05, 0.1) is 0 Å². The third-order valence-electron chi connectivity index (χ3n) is 2.39. The Morgan fingerprint density at radius 1 is 0.867 bits per heavy atom. The van der Waals surface area contributed by atoms with Crippen LogP contribution in [0.25, 0.3) is 0 Å². The zero-order valence-electron chi connectivity index (χ0n) is 8.90. The third-order valence-corrected chi connectivity index (χ3v) is 2.39. The van der Waals surface area contributed by atoms with Crippen LogP contribution in [0.15, 0.2) is 54.6 Å². The van der Waals surface area contributed by atoms with Crippen molar-refractivity contribution in [2.24, 2.45) is 0 Å². The van der Waals surface area contributed by atoms with E-state index < -0.39 is 0 Å². The maximum Gasteiger partial charge on any atom is 0.0400 e. The lowest BCUT2D eigenvalue weighted by Gasteiger charge is -2.06. The largest absolute Gasteiger partial charge is 0.381 e. The molecule has 1 N–H and O–H groups in total. The predicted molar refractivity (Wildman–Crippen MR) is 64.9 cm³/mol. The van der Waals surface area contributed by atoms with Crippen LogP contribution in [-0.4, -0.2) is 0 Å². The molecule has 0 radical (unpaired) electrons. The van der Waals surface area contributed by atoms with Gasteiger partial charge in [-0.05, 0) is 24.6 Å². The van der Waals surface area contributed by atoms with Gasteiger partial charge in [-0.2, -0.15) is 0 Å². The van der Waals surface area contributed by atoms with Crippen molar-refractivity contribution in [3.63, 3.8) is 0 Å². The van der Waals surface area contributed by atoms with Gasteiger partial charge in [0.15, 0.2) is 0 Å². The van der Waals surface area contributed by atoms with Gasteiger partial charge in [0.1, 0.15) is 0 Å². The van der Waals surface area contributed by atoms with Crippen LogP contribution < -0.4 is 5.32 Å². The van der Waals surface area contributed by atoms with Gasteiger partial charge in [-0.15, -0.1) is 0 Å². The first-order chi connectivity index (χ1) is 7.34. The second-order valence-electron chi connectivity index (χ2n) is 3.71. The van der Waals surface area contributed by atoms with E-state index in [0.717, 1.165) is 12.2 Å². The number of hydrogen-bond acceptors (Lipinski definition) is 1. The van der Waals surface area contributed by atoms with Crippen molar-refractivity contribution in [2.75, 3.05) is 5.32 Å². The van der Waals surface area contributed by atoms with Crippen molar-refractivity contribution < 1.29 is 0 Å². The Hall–Kier alpha value is -1.76. The van der Waals surface area contributed by atoms with Gasteiger partial charge in [-0.1, -0.05) is 48.0 Å². The van der Waals surface area contributed by atoms with Crippen LogP contribution in [0.4, 0.5) is 5.69 Å². The molecule has 0 aliphatic carbocycles. The summed E-state index contributed by atoms with van der Waals surface area (Å²) in [5.74, 6) is 0. The number of anilines is 1. The fourth-order valence-corrected chi connectivity index (χ4v) is 1.47. The first kappa shape index (κ1) is 9.78. The summed E-state index contributed by atoms with van der Waals surface area (Å²) >= 11 is 0. The quantitative estimate of drug-likeness (QED) is 0.792. The molecule has 76 valence electrons. The molecule has 2 aromatic rings. The topological polar surface area (TPSA) is 12.0 Å². The smallest absolute Gasteiger partial charge is 0.0400 e. The highest BCUT2D eigenvalue weighted by Crippen LogP contribution is 2.08. The predicted octanol–water partition coefficient (Wildman–Crippen LogP) is 3.61. The Balaban J connectivity index is 1.96. The lowest BCUT2D eigenvalue weighted by Crippen LogP contribution is -1.98. The molecule has 0 spiro atoms. The number of rotatable bonds is 3. The molecule has 0 aliphatic heterocycles. The molecule has 0 atom stereocenters. The zero-order valence-corrected chi connectivity index (χ0v) is 8.90. The average Bonchev–Trinajstić information content (AvgIpc) is 2.30. The van der Waals surface area contributed by atoms with Crippen molar-refractivity contribution >= 4 is 5.69 Å². The summed E-state index contributed by atoms with van der Waals surface area (Å²) in [5, 5.41) is 3.38. The normalized spacial score (nSPS) is 9.93. The molecule has 0 bridgehead atoms. The summed E-state index contributed by atoms with van der Waals surface area (Å²) in [7, 11) is 0. The van der Waals surface area contributed by atoms with Crippen molar-refractivity contribution in [1.82, 2.24) is 0 Å². The maximum atomic E-state index is 3.38. The van der Waals surface area contributed by atoms with Crippen LogP contribution in [0.2, 0.25) is 0 Å². The number of aryl methyl sites for hydroxylation is 1. The molecule has 0 saturated carbocycles. The summed E-state index contributed by atoms with van der Waals surface area (Å²) in [4.78, 5) is 0. The van der Waals surface area contributed by atoms with Gasteiger partial charge in [0.2, 0.25) is 0 Å². The lowest BCUT2D eigenvalue weighted by atomic mass is 10.1. The fraction of sp³-hybridized carbons (Fsp3) is 0.143. The molecule has 2 rings (SSSR count). The Morgan fingerprint density at radius 3 is 2.20 bits per heavy atom. The molecule has 1 nitrogen and oxygen atoms in total. The number of para-hydroxylation sites is 1. The molecule has 0 fully saturated rings. The van der Waals surface area contributed by atoms with Crippen LogP contribution in [0.3, 0.4) is 0 Å². The van der Waals surface area contributed by atoms with E-state index in [0.29, 0.717) is 0 Å². The first-order valence-corrected chi connectivity index (χ1v) is 5.19. The lowest BCUT2D eigenvalue weighted by molar-refractivity contribution is 1.14. The van der Waals surface area contributed by atoms with Crippen LogP contribution in [0.1, 0.15) is 11.1 Å². The fourth-order valence-electron chi connectivity index (χ4n) is 1.47. The Morgan fingerprint density at radius 2 is 1.53 bits per heavy atom. The van der Waals surface area contributed by atoms with Crippen LogP contribution >= 0.6 is 0 Å². The van der Waals surface area contributed by atoms with Crippen molar-refractivity contribution in [3.05, 3.63) is 65.7 Å². The highest BCUT2D eigenvalue weighted by Gasteiger charge is 1.92. The molecule has 1 heteroatoms.